The van der Waals surface area contributed by atoms with Gasteiger partial charge in [0.1, 0.15) is 37.0 Å². The Morgan fingerprint density at radius 3 is 1.13 bits per heavy atom. The molecule has 6 saturated carbocycles. The zero-order chi connectivity index (χ0) is 100.0. The molecule has 0 aromatic heterocycles. The molecule has 31 nitrogen and oxygen atoms in total. The lowest BCUT2D eigenvalue weighted by atomic mass is 9.68. The van der Waals surface area contributed by atoms with Crippen molar-refractivity contribution in [2.75, 3.05) is 66.0 Å². The van der Waals surface area contributed by atoms with Crippen LogP contribution >= 0.6 is 0 Å². The number of carbonyl (C=O) groups excluding carboxylic acids is 6. The van der Waals surface area contributed by atoms with Crippen LogP contribution < -0.4 is 64.8 Å². The molecule has 15 aliphatic heterocycles. The molecular weight excluding hydrogens is 1820 g/mol. The summed E-state index contributed by atoms with van der Waals surface area (Å²) in [6.45, 7) is 38.0. The van der Waals surface area contributed by atoms with Gasteiger partial charge in [-0.25, -0.2) is 40.7 Å². The van der Waals surface area contributed by atoms with Crippen LogP contribution in [0, 0.1) is 82.9 Å². The van der Waals surface area contributed by atoms with E-state index in [2.05, 4.69) is 207 Å². The average molecular weight is 1990 g/mol. The van der Waals surface area contributed by atoms with Crippen molar-refractivity contribution in [1.29, 1.82) is 0 Å². The number of carbonyl (C=O) groups is 6. The predicted octanol–water partition coefficient (Wildman–Crippen LogP) is 10.9. The van der Waals surface area contributed by atoms with Crippen LogP contribution in [0.15, 0.2) is 73.7 Å². The molecular formula is C105H169F6N25O6. The van der Waals surface area contributed by atoms with Gasteiger partial charge in [-0.1, -0.05) is 80.5 Å². The fourth-order valence-electron chi connectivity index (χ4n) is 31.9. The Hall–Kier alpha value is -7.36. The minimum absolute atomic E-state index is 0.00106. The number of halogens is 6. The molecule has 0 aromatic carbocycles. The number of nitrogens with zero attached hydrogens (tertiary/aromatic N) is 13. The smallest absolute Gasteiger partial charge is 0.320 e. The fourth-order valence-corrected chi connectivity index (χ4v) is 31.9. The number of amides is 9. The first-order chi connectivity index (χ1) is 68.3. The topological polar surface area (TPSA) is 289 Å². The Labute approximate surface area is 839 Å². The summed E-state index contributed by atoms with van der Waals surface area (Å²) in [5.74, 6) is -0.0497. The first kappa shape index (κ1) is 103. The summed E-state index contributed by atoms with van der Waals surface area (Å²) in [6, 6.07) is -3.29. The highest BCUT2D eigenvalue weighted by atomic mass is 19.2. The monoisotopic (exact) mass is 1990 g/mol. The van der Waals surface area contributed by atoms with Crippen LogP contribution in [0.2, 0.25) is 0 Å². The Kier molecular flexibility index (Phi) is 31.6. The summed E-state index contributed by atoms with van der Waals surface area (Å²) in [7, 11) is 2.18. The number of hydrazine groups is 6. The molecule has 21 rings (SSSR count). The van der Waals surface area contributed by atoms with Crippen molar-refractivity contribution in [3.8, 4) is 0 Å². The SMILES string of the molecule is C=CC(=O)N1CCN(C2NC(=O)N3C4NC(C(F)CC42)C2C(F)CCCC2N2C=C(CCC4CCCC(C(C)C)C43)NN2)[C@@H](C)C1.C=CC(=O)N1CCN(C2NC(=O)N3C4NC(C(F)CC42)C2C(F)CCCC2N2C=C(CCCC4CCCC(C(C)C)C43)NN2)[C@@H](C)C1.C=CC(=O)N1C[C@H](C)N(C2NC(=O)N3C4NC(C(F)CC42)C2C(F)CCCC2N2C=C(CCN(C)C4CCCC(C(C)C)C43)NN2)C[C@H]1C. The van der Waals surface area contributed by atoms with Crippen molar-refractivity contribution in [1.82, 2.24) is 129 Å². The second-order valence-corrected chi connectivity index (χ2v) is 47.7. The van der Waals surface area contributed by atoms with Gasteiger partial charge in [-0.05, 0) is 248 Å². The van der Waals surface area contributed by atoms with Gasteiger partial charge in [0, 0.05) is 197 Å². The first-order valence-electron chi connectivity index (χ1n) is 55.4. The van der Waals surface area contributed by atoms with Gasteiger partial charge >= 0.3 is 18.1 Å². The maximum Gasteiger partial charge on any atom is 0.320 e. The molecule has 12 N–H and O–H groups in total. The van der Waals surface area contributed by atoms with E-state index in [4.69, 9.17) is 0 Å². The minimum atomic E-state index is -1.29. The van der Waals surface area contributed by atoms with E-state index in [-0.39, 0.29) is 158 Å². The van der Waals surface area contributed by atoms with E-state index in [0.29, 0.717) is 113 Å². The number of urea groups is 3. The van der Waals surface area contributed by atoms with Crippen molar-refractivity contribution in [3.05, 3.63) is 73.7 Å². The number of rotatable bonds is 9. The number of likely N-dealkylation sites (N-methyl/N-ethyl adjacent to an activating group) is 1. The molecule has 792 valence electrons. The first-order valence-corrected chi connectivity index (χ1v) is 55.4. The van der Waals surface area contributed by atoms with Gasteiger partial charge < -0.3 is 66.5 Å². The van der Waals surface area contributed by atoms with E-state index in [9.17, 15) is 28.8 Å². The van der Waals surface area contributed by atoms with Gasteiger partial charge in [-0.2, -0.15) is 0 Å². The lowest BCUT2D eigenvalue weighted by molar-refractivity contribution is -0.137. The van der Waals surface area contributed by atoms with Crippen LogP contribution in [0.1, 0.15) is 243 Å². The third-order valence-corrected chi connectivity index (χ3v) is 38.8. The zero-order valence-corrected chi connectivity index (χ0v) is 86.2. The molecule has 0 spiro atoms. The summed E-state index contributed by atoms with van der Waals surface area (Å²) in [5, 5.41) is 27.4. The Morgan fingerprint density at radius 1 is 0.366 bits per heavy atom. The lowest BCUT2D eigenvalue weighted by Gasteiger charge is -2.61. The van der Waals surface area contributed by atoms with E-state index in [1.165, 1.54) is 18.2 Å². The third kappa shape index (κ3) is 19.9. The molecule has 33 unspecified atom stereocenters. The zero-order valence-electron chi connectivity index (χ0n) is 86.2. The predicted molar refractivity (Wildman–Crippen MR) is 533 cm³/mol. The van der Waals surface area contributed by atoms with Gasteiger partial charge in [-0.15, -0.1) is 16.6 Å². The van der Waals surface area contributed by atoms with Crippen LogP contribution in [0.25, 0.3) is 0 Å². The highest BCUT2D eigenvalue weighted by Crippen LogP contribution is 2.53. The van der Waals surface area contributed by atoms with Gasteiger partial charge in [0.15, 0.2) is 0 Å². The molecule has 9 amide bonds. The van der Waals surface area contributed by atoms with Crippen molar-refractivity contribution in [3.63, 3.8) is 0 Å². The number of allylic oxidation sites excluding steroid dienone is 2. The summed E-state index contributed by atoms with van der Waals surface area (Å²) in [6.07, 6.45) is 22.2. The van der Waals surface area contributed by atoms with Crippen LogP contribution in [-0.4, -0.2) is 324 Å². The molecule has 21 aliphatic rings. The number of piperazine rings is 3. The Balaban J connectivity index is 0.000000135. The van der Waals surface area contributed by atoms with Gasteiger partial charge in [-0.3, -0.25) is 60.1 Å². The molecule has 9 saturated heterocycles. The van der Waals surface area contributed by atoms with E-state index < -0.39 is 97.6 Å². The van der Waals surface area contributed by atoms with Crippen LogP contribution in [0.5, 0.6) is 0 Å². The number of hydrogen-bond donors (Lipinski definition) is 12. The fraction of sp³-hybridized carbons (Fsp3) is 0.829. The number of nitrogens with one attached hydrogen (secondary N) is 12. The van der Waals surface area contributed by atoms with Crippen molar-refractivity contribution >= 4 is 35.8 Å². The number of hydrogen-bond acceptors (Lipinski definition) is 22. The maximum atomic E-state index is 17.0. The van der Waals surface area contributed by atoms with Gasteiger partial charge in [0.2, 0.25) is 17.7 Å². The lowest BCUT2D eigenvalue weighted by Crippen LogP contribution is -2.80. The molecule has 0 radical (unpaired) electrons. The van der Waals surface area contributed by atoms with Crippen LogP contribution in [0.3, 0.4) is 0 Å². The molecule has 6 aliphatic carbocycles. The molecule has 142 heavy (non-hydrogen) atoms. The van der Waals surface area contributed by atoms with Crippen LogP contribution in [-0.2, 0) is 14.4 Å². The highest BCUT2D eigenvalue weighted by molar-refractivity contribution is 5.88. The molecule has 37 heteroatoms. The molecule has 0 aromatic rings. The van der Waals surface area contributed by atoms with E-state index in [1.54, 1.807) is 9.80 Å². The van der Waals surface area contributed by atoms with Gasteiger partial charge in [0.25, 0.3) is 0 Å². The van der Waals surface area contributed by atoms with E-state index in [0.717, 1.165) is 158 Å². The van der Waals surface area contributed by atoms with Gasteiger partial charge in [0.05, 0.1) is 61.2 Å². The van der Waals surface area contributed by atoms with Crippen molar-refractivity contribution in [2.24, 2.45) is 82.9 Å². The Bertz CT molecular complexity index is 4590. The number of piperidine rings is 3. The summed E-state index contributed by atoms with van der Waals surface area (Å²) in [4.78, 5) is 103. The summed E-state index contributed by atoms with van der Waals surface area (Å²) < 4.78 is 99.3. The summed E-state index contributed by atoms with van der Waals surface area (Å²) >= 11 is 0. The standard InChI is InChI=1S/C36H59F2N9O2.C35H56F2N8O2.C34H54F2N8O2/c1-7-30(48)44-17-22(5)45(18-21(44)4)34-25-16-27(38)32-31-26(37)11-9-12-28(31)46-19-23(41-42-46)14-15-43(6)29-13-8-10-24(20(2)3)33(29)47(35(25)39-32)36(49)40-34;1-5-29(46)42-15-16-43(21(4)18-42)33-25-17-27(37)31-30-26(36)13-8-14-28(30)44-19-23(40-41-44)11-6-9-22-10-7-12-24(20(2)3)32(22)45(34(25)38-31)35(47)39-33;1-5-28(45)41-14-15-42(20(4)17-41)32-24-16-26(36)30-29-25(35)10-7-11-27(29)43-18-22(39-40-43)13-12-21-8-6-9-23(19(2)3)31(21)44(33(24)37-30)34(46)38-32/h7,19-22,24-29,31-35,39,41-42H,1,8-18H2,2-6H3,(H,40,49);5,19-22,24-28,30-34,38,40-41H,1,6-18H2,2-4H3,(H,39,47);5,18-21,23-27,29-33,37,39-40H,1,6-17H2,2-4H3,(H,38,46)/t21-,22+,24?,25?,26?,27?,28?,29?,31?,32?,33?,34?,35?;21-,22?,24?,25?,26?,27?,28?,30?,31?,32?,33?,34?;20-,21?,23?,24?,25?,26?,27?,29?,30?,31?,32?,33?/m100/s1. The summed E-state index contributed by atoms with van der Waals surface area (Å²) in [5.41, 5.74) is 23.1. The average Bonchev–Trinajstić information content (AvgIpc) is 0.944. The quantitative estimate of drug-likeness (QED) is 0.0755. The minimum Gasteiger partial charge on any atom is -0.336 e. The molecule has 15 fully saturated rings. The largest absolute Gasteiger partial charge is 0.336 e. The maximum absolute atomic E-state index is 17.0. The van der Waals surface area contributed by atoms with Crippen LogP contribution in [0.4, 0.5) is 40.7 Å². The van der Waals surface area contributed by atoms with E-state index in [1.807, 2.05) is 26.9 Å². The van der Waals surface area contributed by atoms with Crippen molar-refractivity contribution in [2.45, 2.75) is 401 Å². The highest BCUT2D eigenvalue weighted by Gasteiger charge is 2.64. The van der Waals surface area contributed by atoms with E-state index >= 15 is 26.3 Å². The second-order valence-electron chi connectivity index (χ2n) is 47.7. The number of fused-ring (bicyclic) bond motifs is 21. The molecule has 12 bridgehead atoms. The van der Waals surface area contributed by atoms with Crippen molar-refractivity contribution < 1.29 is 55.1 Å². The molecule has 15 heterocycles. The second kappa shape index (κ2) is 43.4. The Morgan fingerprint density at radius 2 is 0.718 bits per heavy atom. The number of alkyl halides is 6. The molecule has 37 atom stereocenters. The third-order valence-electron chi connectivity index (χ3n) is 38.8. The normalized spacial score (nSPS) is 43.2.